The zero-order valence-electron chi connectivity index (χ0n) is 20.6. The number of anilines is 2. The van der Waals surface area contributed by atoms with Crippen LogP contribution < -0.4 is 27.4 Å². The molecule has 3 aromatic rings. The number of morpholine rings is 1. The van der Waals surface area contributed by atoms with Gasteiger partial charge in [0.15, 0.2) is 6.17 Å². The zero-order valence-corrected chi connectivity index (χ0v) is 20.6. The van der Waals surface area contributed by atoms with Gasteiger partial charge >= 0.3 is 0 Å². The summed E-state index contributed by atoms with van der Waals surface area (Å²) in [6.45, 7) is 2.59. The molecule has 0 saturated carbocycles. The summed E-state index contributed by atoms with van der Waals surface area (Å²) in [5, 5.41) is 2.79. The highest BCUT2D eigenvalue weighted by Gasteiger charge is 2.22. The van der Waals surface area contributed by atoms with Crippen molar-refractivity contribution in [3.05, 3.63) is 95.3 Å². The second-order valence-electron chi connectivity index (χ2n) is 7.95. The van der Waals surface area contributed by atoms with Crippen LogP contribution >= 0.6 is 0 Å². The van der Waals surface area contributed by atoms with Crippen LogP contribution in [0.2, 0.25) is 0 Å². The Balaban J connectivity index is 0.000000248. The molecule has 10 heteroatoms. The van der Waals surface area contributed by atoms with Crippen molar-refractivity contribution < 1.29 is 20.1 Å². The molecule has 9 nitrogen and oxygen atoms in total. The summed E-state index contributed by atoms with van der Waals surface area (Å²) < 4.78 is 18.2. The number of benzene rings is 3. The number of amides is 2. The number of carbonyl (C=O) groups excluding carboxylic acids is 2. The first kappa shape index (κ1) is 27.5. The molecule has 1 atom stereocenters. The van der Waals surface area contributed by atoms with Gasteiger partial charge in [-0.3, -0.25) is 14.6 Å². The van der Waals surface area contributed by atoms with Crippen molar-refractivity contribution >= 4 is 28.9 Å². The molecule has 5 rings (SSSR count). The lowest BCUT2D eigenvalue weighted by Crippen LogP contribution is -2.37. The molecular weight excluding hydrogens is 475 g/mol. The monoisotopic (exact) mass is 508 g/mol. The molecule has 2 amide bonds. The fourth-order valence-electron chi connectivity index (χ4n) is 3.88. The molecule has 1 unspecified atom stereocenters. The molecule has 0 aromatic heterocycles. The first-order chi connectivity index (χ1) is 17.9. The predicted octanol–water partition coefficient (Wildman–Crippen LogP) is 2.34. The van der Waals surface area contributed by atoms with Gasteiger partial charge in [-0.15, -0.1) is 0 Å². The predicted molar refractivity (Wildman–Crippen MR) is 145 cm³/mol. The van der Waals surface area contributed by atoms with E-state index < -0.39 is 17.9 Å². The number of aliphatic imine (C=N–C) groups is 1. The van der Waals surface area contributed by atoms with Gasteiger partial charge in [0.05, 0.1) is 30.2 Å². The number of benzodiazepines with no additional fused rings is 1. The van der Waals surface area contributed by atoms with E-state index in [1.54, 1.807) is 6.07 Å². The zero-order chi connectivity index (χ0) is 26.8. The molecule has 37 heavy (non-hydrogen) atoms. The van der Waals surface area contributed by atoms with Gasteiger partial charge in [0.25, 0.3) is 11.8 Å². The number of nitrogens with zero attached hydrogens (tertiary/aromatic N) is 2. The maximum Gasteiger partial charge on any atom is 0.263 e. The number of ether oxygens (including phenoxy) is 1. The van der Waals surface area contributed by atoms with E-state index in [-0.39, 0.29) is 12.9 Å². The van der Waals surface area contributed by atoms with E-state index in [1.807, 2.05) is 59.5 Å². The standard InChI is InChI=1S/C15H13N3O.C11H13FN2O2.CH5N.H2/c16-14-15(19)17-12-9-5-4-8-11(12)13(18-14)10-6-2-1-3-7-10;12-8-1-2-10(9(7-8)11(13)15)14-3-5-16-6-4-14;1-2;/h1-9,14H,16H2,(H,17,19);1-2,7H,3-6H2,(H2,13,15);2H2,1H3;1H. The maximum absolute atomic E-state index is 13.0. The molecule has 0 spiro atoms. The fraction of sp³-hybridized carbons (Fsp3) is 0.222. The van der Waals surface area contributed by atoms with Crippen molar-refractivity contribution in [1.29, 1.82) is 0 Å². The average Bonchev–Trinajstić information content (AvgIpc) is 3.06. The second kappa shape index (κ2) is 13.3. The van der Waals surface area contributed by atoms with Crippen molar-refractivity contribution in [3.8, 4) is 0 Å². The van der Waals surface area contributed by atoms with Crippen molar-refractivity contribution in [2.45, 2.75) is 6.17 Å². The Labute approximate surface area is 216 Å². The van der Waals surface area contributed by atoms with Crippen LogP contribution in [-0.2, 0) is 9.53 Å². The van der Waals surface area contributed by atoms with Crippen molar-refractivity contribution in [3.63, 3.8) is 0 Å². The Bertz CT molecular complexity index is 1250. The number of hydrogen-bond acceptors (Lipinski definition) is 7. The van der Waals surface area contributed by atoms with Gasteiger partial charge in [-0.05, 0) is 31.3 Å². The highest BCUT2D eigenvalue weighted by molar-refractivity contribution is 6.19. The number of para-hydroxylation sites is 1. The first-order valence-corrected chi connectivity index (χ1v) is 11.7. The highest BCUT2D eigenvalue weighted by atomic mass is 19.1. The summed E-state index contributed by atoms with van der Waals surface area (Å²) in [6.07, 6.45) is -0.886. The van der Waals surface area contributed by atoms with Crippen LogP contribution in [0.1, 0.15) is 22.9 Å². The van der Waals surface area contributed by atoms with E-state index in [1.165, 1.54) is 19.2 Å². The largest absolute Gasteiger partial charge is 0.378 e. The van der Waals surface area contributed by atoms with E-state index in [0.717, 1.165) is 22.5 Å². The van der Waals surface area contributed by atoms with Gasteiger partial charge in [-0.2, -0.15) is 0 Å². The number of carbonyl (C=O) groups is 2. The van der Waals surface area contributed by atoms with Crippen molar-refractivity contribution in [1.82, 2.24) is 0 Å². The van der Waals surface area contributed by atoms with E-state index in [0.29, 0.717) is 32.0 Å². The molecule has 2 aliphatic heterocycles. The van der Waals surface area contributed by atoms with Crippen LogP contribution in [-0.4, -0.2) is 57.0 Å². The molecule has 0 radical (unpaired) electrons. The van der Waals surface area contributed by atoms with Gasteiger partial charge in [-0.1, -0.05) is 48.5 Å². The van der Waals surface area contributed by atoms with E-state index in [9.17, 15) is 14.0 Å². The molecule has 1 saturated heterocycles. The number of primary amides is 1. The Morgan fingerprint density at radius 2 is 1.70 bits per heavy atom. The van der Waals surface area contributed by atoms with E-state index in [2.05, 4.69) is 16.0 Å². The van der Waals surface area contributed by atoms with Crippen LogP contribution in [0.3, 0.4) is 0 Å². The lowest BCUT2D eigenvalue weighted by atomic mass is 10.0. The lowest BCUT2D eigenvalue weighted by molar-refractivity contribution is -0.117. The fourth-order valence-corrected chi connectivity index (χ4v) is 3.88. The SMILES string of the molecule is CN.NC(=O)c1cc(F)ccc1N1CCOCC1.NC1N=C(c2ccccc2)c2ccccc2NC1=O.[HH]. The smallest absolute Gasteiger partial charge is 0.263 e. The van der Waals surface area contributed by atoms with Gasteiger partial charge in [0.2, 0.25) is 0 Å². The lowest BCUT2D eigenvalue weighted by Gasteiger charge is -2.30. The minimum absolute atomic E-state index is 0. The Morgan fingerprint density at radius 1 is 1.05 bits per heavy atom. The van der Waals surface area contributed by atoms with Crippen LogP contribution in [0.25, 0.3) is 0 Å². The molecule has 2 aliphatic rings. The molecule has 196 valence electrons. The molecule has 0 bridgehead atoms. The Kier molecular flexibility index (Phi) is 9.84. The highest BCUT2D eigenvalue weighted by Crippen LogP contribution is 2.24. The quantitative estimate of drug-likeness (QED) is 0.427. The number of nitrogens with one attached hydrogen (secondary N) is 1. The molecule has 3 aromatic carbocycles. The molecule has 0 aliphatic carbocycles. The minimum atomic E-state index is -0.886. The second-order valence-corrected chi connectivity index (χ2v) is 7.95. The van der Waals surface area contributed by atoms with Crippen LogP contribution in [0.5, 0.6) is 0 Å². The minimum Gasteiger partial charge on any atom is -0.378 e. The van der Waals surface area contributed by atoms with Gasteiger partial charge in [0, 0.05) is 31.3 Å². The summed E-state index contributed by atoms with van der Waals surface area (Å²) in [5.74, 6) is -1.36. The molecular formula is C27H33FN6O3. The van der Waals surface area contributed by atoms with Crippen LogP contribution in [0.15, 0.2) is 77.8 Å². The van der Waals surface area contributed by atoms with Crippen LogP contribution in [0, 0.1) is 5.82 Å². The van der Waals surface area contributed by atoms with Gasteiger partial charge in [0.1, 0.15) is 5.82 Å². The number of halogens is 1. The van der Waals surface area contributed by atoms with Crippen LogP contribution in [0.4, 0.5) is 15.8 Å². The summed E-state index contributed by atoms with van der Waals surface area (Å²) in [7, 11) is 1.50. The summed E-state index contributed by atoms with van der Waals surface area (Å²) in [5.41, 5.74) is 19.7. The summed E-state index contributed by atoms with van der Waals surface area (Å²) in [6, 6.07) is 21.4. The number of rotatable bonds is 3. The number of hydrogen-bond donors (Lipinski definition) is 4. The van der Waals surface area contributed by atoms with Gasteiger partial charge in [-0.25, -0.2) is 4.39 Å². The Morgan fingerprint density at radius 3 is 2.38 bits per heavy atom. The maximum atomic E-state index is 13.0. The van der Waals surface area contributed by atoms with E-state index in [4.69, 9.17) is 16.2 Å². The third kappa shape index (κ3) is 6.98. The van der Waals surface area contributed by atoms with Crippen molar-refractivity contribution in [2.24, 2.45) is 22.2 Å². The topological polar surface area (TPSA) is 149 Å². The van der Waals surface area contributed by atoms with Crippen molar-refractivity contribution in [2.75, 3.05) is 43.6 Å². The summed E-state index contributed by atoms with van der Waals surface area (Å²) >= 11 is 0. The summed E-state index contributed by atoms with van der Waals surface area (Å²) in [4.78, 5) is 29.4. The Hall–Kier alpha value is -4.12. The van der Waals surface area contributed by atoms with Gasteiger partial charge < -0.3 is 32.2 Å². The number of nitrogens with two attached hydrogens (primary N) is 3. The third-order valence-electron chi connectivity index (χ3n) is 5.60. The first-order valence-electron chi connectivity index (χ1n) is 11.7. The van der Waals surface area contributed by atoms with E-state index >= 15 is 0 Å². The molecule has 2 heterocycles. The average molecular weight is 509 g/mol. The normalized spacial score (nSPS) is 16.4. The molecule has 1 fully saturated rings. The molecule has 7 N–H and O–H groups in total. The number of fused-ring (bicyclic) bond motifs is 1. The third-order valence-corrected chi connectivity index (χ3v) is 5.60.